The van der Waals surface area contributed by atoms with E-state index in [0.29, 0.717) is 12.1 Å². The third-order valence-electron chi connectivity index (χ3n) is 6.11. The number of aromatic nitrogens is 2. The number of carbonyl (C=O) groups excluding carboxylic acids is 1. The second-order valence-corrected chi connectivity index (χ2v) is 8.39. The molecule has 0 bridgehead atoms. The molecule has 5 rings (SSSR count). The fourth-order valence-corrected chi connectivity index (χ4v) is 4.23. The fraction of sp³-hybridized carbons (Fsp3) is 0.214. The van der Waals surface area contributed by atoms with E-state index < -0.39 is 0 Å². The number of amides is 1. The molecule has 1 saturated heterocycles. The molecule has 0 aliphatic carbocycles. The van der Waals surface area contributed by atoms with Crippen LogP contribution in [-0.2, 0) is 17.8 Å². The summed E-state index contributed by atoms with van der Waals surface area (Å²) in [5, 5.41) is 7.34. The van der Waals surface area contributed by atoms with Crippen molar-refractivity contribution in [1.82, 2.24) is 15.1 Å². The van der Waals surface area contributed by atoms with Crippen molar-refractivity contribution in [2.75, 3.05) is 31.2 Å². The van der Waals surface area contributed by atoms with Crippen molar-refractivity contribution in [1.29, 1.82) is 0 Å². The summed E-state index contributed by atoms with van der Waals surface area (Å²) >= 11 is 0. The molecule has 172 valence electrons. The molecule has 6 nitrogen and oxygen atoms in total. The van der Waals surface area contributed by atoms with Crippen molar-refractivity contribution in [2.24, 2.45) is 0 Å². The van der Waals surface area contributed by atoms with Crippen LogP contribution in [0.4, 0.5) is 5.69 Å². The second-order valence-electron chi connectivity index (χ2n) is 8.39. The fourth-order valence-electron chi connectivity index (χ4n) is 4.23. The second kappa shape index (κ2) is 10.4. The number of benzene rings is 3. The van der Waals surface area contributed by atoms with Gasteiger partial charge in [-0.1, -0.05) is 54.6 Å². The Morgan fingerprint density at radius 3 is 2.35 bits per heavy atom. The minimum Gasteiger partial charge on any atom is -0.378 e. The van der Waals surface area contributed by atoms with Crippen molar-refractivity contribution < 1.29 is 9.53 Å². The van der Waals surface area contributed by atoms with E-state index in [9.17, 15) is 4.79 Å². The first-order chi connectivity index (χ1) is 16.8. The molecule has 4 aromatic rings. The Balaban J connectivity index is 1.24. The predicted molar refractivity (Wildman–Crippen MR) is 134 cm³/mol. The van der Waals surface area contributed by atoms with Gasteiger partial charge in [0.05, 0.1) is 19.8 Å². The highest BCUT2D eigenvalue weighted by Crippen LogP contribution is 2.24. The van der Waals surface area contributed by atoms with Gasteiger partial charge in [0.15, 0.2) is 0 Å². The summed E-state index contributed by atoms with van der Waals surface area (Å²) in [5.74, 6) is -0.0755. The van der Waals surface area contributed by atoms with E-state index in [4.69, 9.17) is 4.74 Å². The Kier molecular flexibility index (Phi) is 6.68. The van der Waals surface area contributed by atoms with Gasteiger partial charge in [0, 0.05) is 43.3 Å². The molecule has 1 aliphatic rings. The Labute approximate surface area is 199 Å². The molecule has 1 amide bonds. The van der Waals surface area contributed by atoms with Crippen molar-refractivity contribution in [2.45, 2.75) is 13.1 Å². The molecule has 34 heavy (non-hydrogen) atoms. The maximum absolute atomic E-state index is 13.1. The quantitative estimate of drug-likeness (QED) is 0.453. The number of ether oxygens (including phenoxy) is 1. The van der Waals surface area contributed by atoms with Crippen LogP contribution < -0.4 is 10.2 Å². The maximum atomic E-state index is 13.1. The number of hydrogen-bond acceptors (Lipinski definition) is 4. The topological polar surface area (TPSA) is 59.4 Å². The summed E-state index contributed by atoms with van der Waals surface area (Å²) in [6, 6.07) is 26.4. The van der Waals surface area contributed by atoms with Crippen LogP contribution in [0, 0.1) is 0 Å². The lowest BCUT2D eigenvalue weighted by Crippen LogP contribution is -2.36. The molecule has 0 unspecified atom stereocenters. The molecule has 0 atom stereocenters. The van der Waals surface area contributed by atoms with Crippen molar-refractivity contribution in [3.8, 4) is 11.1 Å². The van der Waals surface area contributed by atoms with E-state index in [1.54, 1.807) is 6.20 Å². The van der Waals surface area contributed by atoms with E-state index in [1.807, 2.05) is 41.2 Å². The van der Waals surface area contributed by atoms with E-state index >= 15 is 0 Å². The largest absolute Gasteiger partial charge is 0.378 e. The summed E-state index contributed by atoms with van der Waals surface area (Å²) in [5.41, 5.74) is 6.05. The highest BCUT2D eigenvalue weighted by atomic mass is 16.5. The van der Waals surface area contributed by atoms with Crippen molar-refractivity contribution in [3.05, 3.63) is 108 Å². The van der Waals surface area contributed by atoms with Crippen LogP contribution >= 0.6 is 0 Å². The zero-order chi connectivity index (χ0) is 23.2. The summed E-state index contributed by atoms with van der Waals surface area (Å²) < 4.78 is 7.32. The van der Waals surface area contributed by atoms with Gasteiger partial charge in [0.2, 0.25) is 0 Å². The van der Waals surface area contributed by atoms with E-state index in [-0.39, 0.29) is 5.91 Å². The molecule has 0 spiro atoms. The lowest BCUT2D eigenvalue weighted by molar-refractivity contribution is 0.0951. The smallest absolute Gasteiger partial charge is 0.252 e. The van der Waals surface area contributed by atoms with Crippen LogP contribution in [0.5, 0.6) is 0 Å². The van der Waals surface area contributed by atoms with Crippen LogP contribution in [-0.4, -0.2) is 42.0 Å². The van der Waals surface area contributed by atoms with Crippen LogP contribution in [0.1, 0.15) is 21.5 Å². The standard InChI is InChI=1S/C28H28N4O2/c33-28(29-20-22-8-12-25(13-9-22)31-16-18-34-19-17-31)27-5-2-1-4-26(27)24-10-6-23(7-11-24)21-32-15-3-14-30-32/h1-15H,16-21H2,(H,29,33). The molecule has 1 aliphatic heterocycles. The summed E-state index contributed by atoms with van der Waals surface area (Å²) in [6.45, 7) is 4.57. The number of anilines is 1. The van der Waals surface area contributed by atoms with Crippen molar-refractivity contribution >= 4 is 11.6 Å². The maximum Gasteiger partial charge on any atom is 0.252 e. The average Bonchev–Trinajstić information content (AvgIpc) is 3.42. The predicted octanol–water partition coefficient (Wildman–Crippen LogP) is 4.37. The molecular weight excluding hydrogens is 424 g/mol. The van der Waals surface area contributed by atoms with Gasteiger partial charge < -0.3 is 15.0 Å². The lowest BCUT2D eigenvalue weighted by atomic mass is 9.98. The van der Waals surface area contributed by atoms with Gasteiger partial charge >= 0.3 is 0 Å². The Morgan fingerprint density at radius 1 is 0.882 bits per heavy atom. The minimum atomic E-state index is -0.0755. The van der Waals surface area contributed by atoms with Gasteiger partial charge in [-0.05, 0) is 46.5 Å². The third-order valence-corrected chi connectivity index (χ3v) is 6.11. The Morgan fingerprint density at radius 2 is 1.62 bits per heavy atom. The van der Waals surface area contributed by atoms with Gasteiger partial charge in [-0.15, -0.1) is 0 Å². The molecule has 1 N–H and O–H groups in total. The molecule has 1 aromatic heterocycles. The first-order valence-electron chi connectivity index (χ1n) is 11.6. The molecule has 1 fully saturated rings. The van der Waals surface area contributed by atoms with E-state index in [1.165, 1.54) is 5.69 Å². The number of rotatable bonds is 7. The highest BCUT2D eigenvalue weighted by molar-refractivity contribution is 6.00. The van der Waals surface area contributed by atoms with E-state index in [2.05, 4.69) is 63.8 Å². The summed E-state index contributed by atoms with van der Waals surface area (Å²) in [7, 11) is 0. The van der Waals surface area contributed by atoms with Crippen LogP contribution in [0.25, 0.3) is 11.1 Å². The molecule has 6 heteroatoms. The summed E-state index contributed by atoms with van der Waals surface area (Å²) in [6.07, 6.45) is 3.73. The average molecular weight is 453 g/mol. The van der Waals surface area contributed by atoms with Crippen molar-refractivity contribution in [3.63, 3.8) is 0 Å². The van der Waals surface area contributed by atoms with Crippen LogP contribution in [0.3, 0.4) is 0 Å². The molecule has 3 aromatic carbocycles. The monoisotopic (exact) mass is 452 g/mol. The Hall–Kier alpha value is -3.90. The highest BCUT2D eigenvalue weighted by Gasteiger charge is 2.13. The van der Waals surface area contributed by atoms with E-state index in [0.717, 1.165) is 55.1 Å². The third kappa shape index (κ3) is 5.18. The number of morpholine rings is 1. The summed E-state index contributed by atoms with van der Waals surface area (Å²) in [4.78, 5) is 15.4. The first kappa shape index (κ1) is 21.9. The molecular formula is C28H28N4O2. The normalized spacial score (nSPS) is 13.6. The van der Waals surface area contributed by atoms with Gasteiger partial charge in [-0.3, -0.25) is 9.48 Å². The Bertz CT molecular complexity index is 1210. The van der Waals surface area contributed by atoms with Gasteiger partial charge in [0.25, 0.3) is 5.91 Å². The van der Waals surface area contributed by atoms with Gasteiger partial charge in [0.1, 0.15) is 0 Å². The minimum absolute atomic E-state index is 0.0755. The molecule has 2 heterocycles. The zero-order valence-electron chi connectivity index (χ0n) is 19.1. The number of nitrogens with one attached hydrogen (secondary N) is 1. The zero-order valence-corrected chi connectivity index (χ0v) is 19.1. The van der Waals surface area contributed by atoms with Gasteiger partial charge in [-0.2, -0.15) is 5.10 Å². The number of carbonyl (C=O) groups is 1. The number of hydrogen-bond donors (Lipinski definition) is 1. The number of nitrogens with zero attached hydrogens (tertiary/aromatic N) is 3. The lowest BCUT2D eigenvalue weighted by Gasteiger charge is -2.28. The van der Waals surface area contributed by atoms with Crippen LogP contribution in [0.15, 0.2) is 91.3 Å². The SMILES string of the molecule is O=C(NCc1ccc(N2CCOCC2)cc1)c1ccccc1-c1ccc(Cn2cccn2)cc1. The van der Waals surface area contributed by atoms with Crippen LogP contribution in [0.2, 0.25) is 0 Å². The molecule has 0 radical (unpaired) electrons. The first-order valence-corrected chi connectivity index (χ1v) is 11.6. The van der Waals surface area contributed by atoms with Gasteiger partial charge in [-0.25, -0.2) is 0 Å². The molecule has 0 saturated carbocycles.